The highest BCUT2D eigenvalue weighted by molar-refractivity contribution is 5.93. The maximum absolute atomic E-state index is 5.82. The van der Waals surface area contributed by atoms with E-state index in [0.717, 1.165) is 28.7 Å². The molecule has 3 aromatic carbocycles. The molecular formula is C20H20O3. The van der Waals surface area contributed by atoms with Crippen LogP contribution in [-0.2, 0) is 11.2 Å². The molecule has 0 aliphatic heterocycles. The molecule has 0 fully saturated rings. The number of rotatable bonds is 6. The Morgan fingerprint density at radius 3 is 2.39 bits per heavy atom. The third kappa shape index (κ3) is 3.30. The molecular weight excluding hydrogens is 288 g/mol. The van der Waals surface area contributed by atoms with Crippen molar-refractivity contribution in [3.8, 4) is 11.5 Å². The van der Waals surface area contributed by atoms with E-state index in [-0.39, 0.29) is 6.79 Å². The van der Waals surface area contributed by atoms with Gasteiger partial charge in [-0.3, -0.25) is 0 Å². The van der Waals surface area contributed by atoms with Gasteiger partial charge in [0, 0.05) is 12.5 Å². The minimum absolute atomic E-state index is 0.190. The molecule has 118 valence electrons. The summed E-state index contributed by atoms with van der Waals surface area (Å²) < 4.78 is 16.4. The molecule has 0 aliphatic rings. The van der Waals surface area contributed by atoms with E-state index in [4.69, 9.17) is 14.2 Å². The summed E-state index contributed by atoms with van der Waals surface area (Å²) in [5.74, 6) is 1.45. The highest BCUT2D eigenvalue weighted by Gasteiger charge is 2.13. The van der Waals surface area contributed by atoms with E-state index in [1.54, 1.807) is 14.2 Å². The molecule has 0 saturated carbocycles. The van der Waals surface area contributed by atoms with Gasteiger partial charge in [-0.25, -0.2) is 0 Å². The van der Waals surface area contributed by atoms with E-state index in [1.807, 2.05) is 12.1 Å². The van der Waals surface area contributed by atoms with Crippen LogP contribution in [0.3, 0.4) is 0 Å². The first kappa shape index (κ1) is 15.4. The van der Waals surface area contributed by atoms with Gasteiger partial charge in [0.2, 0.25) is 0 Å². The number of fused-ring (bicyclic) bond motifs is 1. The van der Waals surface area contributed by atoms with Crippen LogP contribution in [0.1, 0.15) is 11.1 Å². The molecule has 0 radical (unpaired) electrons. The molecule has 3 aromatic rings. The second-order valence-corrected chi connectivity index (χ2v) is 5.33. The quantitative estimate of drug-likeness (QED) is 0.631. The van der Waals surface area contributed by atoms with Crippen LogP contribution in [0.2, 0.25) is 0 Å². The summed E-state index contributed by atoms with van der Waals surface area (Å²) in [7, 11) is 3.27. The van der Waals surface area contributed by atoms with Crippen LogP contribution in [0.15, 0.2) is 60.7 Å². The Kier molecular flexibility index (Phi) is 4.79. The first-order chi connectivity index (χ1) is 11.3. The lowest BCUT2D eigenvalue weighted by molar-refractivity contribution is 0.0503. The number of methoxy groups -OCH3 is 2. The molecule has 0 amide bonds. The zero-order chi connectivity index (χ0) is 16.1. The fourth-order valence-electron chi connectivity index (χ4n) is 2.79. The Morgan fingerprint density at radius 2 is 1.65 bits per heavy atom. The van der Waals surface area contributed by atoms with E-state index in [9.17, 15) is 0 Å². The zero-order valence-corrected chi connectivity index (χ0v) is 13.4. The largest absolute Gasteiger partial charge is 0.493 e. The average Bonchev–Trinajstić information content (AvgIpc) is 2.60. The van der Waals surface area contributed by atoms with E-state index in [2.05, 4.69) is 48.5 Å². The van der Waals surface area contributed by atoms with Crippen LogP contribution >= 0.6 is 0 Å². The average molecular weight is 308 g/mol. The van der Waals surface area contributed by atoms with Gasteiger partial charge >= 0.3 is 0 Å². The van der Waals surface area contributed by atoms with Crippen molar-refractivity contribution in [2.24, 2.45) is 0 Å². The van der Waals surface area contributed by atoms with Gasteiger partial charge in [-0.15, -0.1) is 0 Å². The maximum atomic E-state index is 5.82. The Balaban J connectivity index is 2.13. The van der Waals surface area contributed by atoms with Crippen LogP contribution in [0, 0.1) is 0 Å². The lowest BCUT2D eigenvalue weighted by atomic mass is 9.97. The number of hydrogen-bond donors (Lipinski definition) is 0. The molecule has 0 heterocycles. The van der Waals surface area contributed by atoms with E-state index in [1.165, 1.54) is 11.1 Å². The Morgan fingerprint density at radius 1 is 0.826 bits per heavy atom. The summed E-state index contributed by atoms with van der Waals surface area (Å²) in [5, 5.41) is 2.21. The van der Waals surface area contributed by atoms with Crippen molar-refractivity contribution in [1.82, 2.24) is 0 Å². The van der Waals surface area contributed by atoms with Crippen LogP contribution in [-0.4, -0.2) is 21.0 Å². The standard InChI is InChI=1S/C20H20O3/c1-21-14-23-20-18(22-2)12-11-16-9-6-10-17(19(16)20)13-15-7-4-3-5-8-15/h3-12H,13-14H2,1-2H3. The second-order valence-electron chi connectivity index (χ2n) is 5.33. The molecule has 3 rings (SSSR count). The van der Waals surface area contributed by atoms with Crippen molar-refractivity contribution in [3.63, 3.8) is 0 Å². The second kappa shape index (κ2) is 7.16. The van der Waals surface area contributed by atoms with Crippen molar-refractivity contribution in [1.29, 1.82) is 0 Å². The summed E-state index contributed by atoms with van der Waals surface area (Å²) in [6.07, 6.45) is 0.842. The molecule has 0 spiro atoms. The van der Waals surface area contributed by atoms with Gasteiger partial charge in [-0.2, -0.15) is 0 Å². The predicted molar refractivity (Wildman–Crippen MR) is 92.3 cm³/mol. The van der Waals surface area contributed by atoms with Crippen molar-refractivity contribution in [2.45, 2.75) is 6.42 Å². The third-order valence-electron chi connectivity index (χ3n) is 3.83. The summed E-state index contributed by atoms with van der Waals surface area (Å²) >= 11 is 0. The van der Waals surface area contributed by atoms with E-state index in [0.29, 0.717) is 0 Å². The molecule has 23 heavy (non-hydrogen) atoms. The maximum Gasteiger partial charge on any atom is 0.188 e. The van der Waals surface area contributed by atoms with Gasteiger partial charge < -0.3 is 14.2 Å². The Labute approximate surface area is 136 Å². The van der Waals surface area contributed by atoms with Gasteiger partial charge in [-0.1, -0.05) is 54.6 Å². The Hall–Kier alpha value is -2.52. The molecule has 0 unspecified atom stereocenters. The molecule has 3 heteroatoms. The highest BCUT2D eigenvalue weighted by atomic mass is 16.7. The molecule has 0 saturated heterocycles. The van der Waals surface area contributed by atoms with Crippen LogP contribution < -0.4 is 9.47 Å². The van der Waals surface area contributed by atoms with Gasteiger partial charge in [0.25, 0.3) is 0 Å². The minimum atomic E-state index is 0.190. The zero-order valence-electron chi connectivity index (χ0n) is 13.4. The van der Waals surface area contributed by atoms with E-state index >= 15 is 0 Å². The van der Waals surface area contributed by atoms with Crippen LogP contribution in [0.25, 0.3) is 10.8 Å². The third-order valence-corrected chi connectivity index (χ3v) is 3.83. The number of benzene rings is 3. The lowest BCUT2D eigenvalue weighted by Crippen LogP contribution is -2.02. The first-order valence-electron chi connectivity index (χ1n) is 7.57. The number of ether oxygens (including phenoxy) is 3. The summed E-state index contributed by atoms with van der Waals surface area (Å²) in [5.41, 5.74) is 2.47. The van der Waals surface area contributed by atoms with Gasteiger partial charge in [0.1, 0.15) is 0 Å². The summed E-state index contributed by atoms with van der Waals surface area (Å²) in [6.45, 7) is 0.190. The van der Waals surface area contributed by atoms with Gasteiger partial charge in [-0.05, 0) is 29.0 Å². The predicted octanol–water partition coefficient (Wildman–Crippen LogP) is 4.42. The molecule has 0 atom stereocenters. The molecule has 0 bridgehead atoms. The SMILES string of the molecule is COCOc1c(OC)ccc2cccc(Cc3ccccc3)c12. The first-order valence-corrected chi connectivity index (χ1v) is 7.57. The molecule has 3 nitrogen and oxygen atoms in total. The molecule has 0 aliphatic carbocycles. The monoisotopic (exact) mass is 308 g/mol. The highest BCUT2D eigenvalue weighted by Crippen LogP contribution is 2.38. The fourth-order valence-corrected chi connectivity index (χ4v) is 2.79. The van der Waals surface area contributed by atoms with Crippen molar-refractivity contribution >= 4 is 10.8 Å². The number of hydrogen-bond acceptors (Lipinski definition) is 3. The van der Waals surface area contributed by atoms with Crippen molar-refractivity contribution in [3.05, 3.63) is 71.8 Å². The van der Waals surface area contributed by atoms with Crippen molar-refractivity contribution < 1.29 is 14.2 Å². The summed E-state index contributed by atoms with van der Waals surface area (Å²) in [6, 6.07) is 20.7. The van der Waals surface area contributed by atoms with Crippen molar-refractivity contribution in [2.75, 3.05) is 21.0 Å². The Bertz CT molecular complexity index is 781. The molecule has 0 N–H and O–H groups in total. The normalized spacial score (nSPS) is 10.7. The minimum Gasteiger partial charge on any atom is -0.493 e. The van der Waals surface area contributed by atoms with Crippen LogP contribution in [0.4, 0.5) is 0 Å². The lowest BCUT2D eigenvalue weighted by Gasteiger charge is -2.16. The molecule has 0 aromatic heterocycles. The topological polar surface area (TPSA) is 27.7 Å². The fraction of sp³-hybridized carbons (Fsp3) is 0.200. The van der Waals surface area contributed by atoms with E-state index < -0.39 is 0 Å². The smallest absolute Gasteiger partial charge is 0.188 e. The van der Waals surface area contributed by atoms with Crippen LogP contribution in [0.5, 0.6) is 11.5 Å². The van der Waals surface area contributed by atoms with Gasteiger partial charge in [0.15, 0.2) is 18.3 Å². The summed E-state index contributed by atoms with van der Waals surface area (Å²) in [4.78, 5) is 0. The van der Waals surface area contributed by atoms with Gasteiger partial charge in [0.05, 0.1) is 7.11 Å².